The molecule has 0 spiro atoms. The Morgan fingerprint density at radius 3 is 2.38 bits per heavy atom. The Morgan fingerprint density at radius 2 is 1.88 bits per heavy atom. The lowest BCUT2D eigenvalue weighted by molar-refractivity contribution is -0.121. The fraction of sp³-hybridized carbons (Fsp3) is 0.462. The summed E-state index contributed by atoms with van der Waals surface area (Å²) in [5, 5.41) is 2.85. The normalized spacial score (nSPS) is 12.2. The number of amides is 1. The van der Waals surface area contributed by atoms with Crippen LogP contribution in [0.3, 0.4) is 0 Å². The largest absolute Gasteiger partial charge is 0.352 e. The summed E-state index contributed by atoms with van der Waals surface area (Å²) in [5.74, 6) is 0.00886. The lowest BCUT2D eigenvalue weighted by atomic mass is 10.1. The lowest BCUT2D eigenvalue weighted by Gasteiger charge is -2.07. The Kier molecular flexibility index (Phi) is 4.99. The molecule has 88 valence electrons. The van der Waals surface area contributed by atoms with Crippen LogP contribution in [0.2, 0.25) is 0 Å². The molecule has 0 aromatic heterocycles. The Balaban J connectivity index is 2.39. The third-order valence-corrected chi connectivity index (χ3v) is 2.43. The van der Waals surface area contributed by atoms with Crippen molar-refractivity contribution >= 4 is 5.91 Å². The van der Waals surface area contributed by atoms with Gasteiger partial charge in [0.1, 0.15) is 0 Å². The van der Waals surface area contributed by atoms with Crippen molar-refractivity contribution in [2.45, 2.75) is 39.3 Å². The molecule has 3 N–H and O–H groups in total. The van der Waals surface area contributed by atoms with Crippen LogP contribution in [0.25, 0.3) is 0 Å². The number of hydrogen-bond donors (Lipinski definition) is 2. The minimum Gasteiger partial charge on any atom is -0.352 e. The van der Waals surface area contributed by atoms with E-state index in [-0.39, 0.29) is 11.9 Å². The van der Waals surface area contributed by atoms with E-state index in [9.17, 15) is 4.79 Å². The van der Waals surface area contributed by atoms with Crippen molar-refractivity contribution in [3.8, 4) is 0 Å². The van der Waals surface area contributed by atoms with Crippen molar-refractivity contribution in [1.82, 2.24) is 5.32 Å². The second-order valence-corrected chi connectivity index (χ2v) is 4.13. The zero-order valence-electron chi connectivity index (χ0n) is 9.99. The third kappa shape index (κ3) is 4.45. The van der Waals surface area contributed by atoms with Crippen LogP contribution in [-0.2, 0) is 17.8 Å². The number of hydrogen-bond acceptors (Lipinski definition) is 2. The fourth-order valence-corrected chi connectivity index (χ4v) is 1.46. The molecule has 16 heavy (non-hydrogen) atoms. The molecule has 0 fully saturated rings. The number of carbonyl (C=O) groups excluding carboxylic acids is 1. The van der Waals surface area contributed by atoms with Gasteiger partial charge in [0, 0.05) is 19.0 Å². The summed E-state index contributed by atoms with van der Waals surface area (Å²) in [6.07, 6.45) is 1.42. The van der Waals surface area contributed by atoms with Gasteiger partial charge in [-0.25, -0.2) is 0 Å². The van der Waals surface area contributed by atoms with Crippen LogP contribution < -0.4 is 11.1 Å². The predicted octanol–water partition coefficient (Wildman–Crippen LogP) is 1.60. The van der Waals surface area contributed by atoms with Crippen LogP contribution in [0, 0.1) is 0 Å². The number of rotatable bonds is 5. The summed E-state index contributed by atoms with van der Waals surface area (Å²) in [6, 6.07) is 8.19. The van der Waals surface area contributed by atoms with E-state index < -0.39 is 0 Å². The summed E-state index contributed by atoms with van der Waals surface area (Å²) in [5.41, 5.74) is 7.97. The van der Waals surface area contributed by atoms with E-state index in [1.165, 1.54) is 5.56 Å². The van der Waals surface area contributed by atoms with Crippen LogP contribution in [0.15, 0.2) is 24.3 Å². The smallest absolute Gasteiger partial charge is 0.221 e. The van der Waals surface area contributed by atoms with E-state index >= 15 is 0 Å². The van der Waals surface area contributed by atoms with Gasteiger partial charge >= 0.3 is 0 Å². The van der Waals surface area contributed by atoms with Gasteiger partial charge in [-0.3, -0.25) is 4.79 Å². The van der Waals surface area contributed by atoms with E-state index in [0.717, 1.165) is 12.0 Å². The van der Waals surface area contributed by atoms with E-state index in [0.29, 0.717) is 13.0 Å². The Hall–Kier alpha value is -1.35. The van der Waals surface area contributed by atoms with Crippen LogP contribution >= 0.6 is 0 Å². The molecule has 1 rings (SSSR count). The van der Waals surface area contributed by atoms with Gasteiger partial charge in [0.15, 0.2) is 0 Å². The van der Waals surface area contributed by atoms with Gasteiger partial charge in [-0.1, -0.05) is 31.2 Å². The molecule has 0 radical (unpaired) electrons. The molecular formula is C13H20N2O. The molecule has 0 heterocycles. The average Bonchev–Trinajstić information content (AvgIpc) is 2.26. The zero-order chi connectivity index (χ0) is 12.0. The fourth-order valence-electron chi connectivity index (χ4n) is 1.46. The highest BCUT2D eigenvalue weighted by molar-refractivity contribution is 5.76. The number of benzene rings is 1. The second-order valence-electron chi connectivity index (χ2n) is 4.13. The minimum atomic E-state index is -0.0810. The van der Waals surface area contributed by atoms with Crippen LogP contribution in [-0.4, -0.2) is 11.9 Å². The highest BCUT2D eigenvalue weighted by atomic mass is 16.1. The van der Waals surface area contributed by atoms with E-state index in [4.69, 9.17) is 5.73 Å². The average molecular weight is 220 g/mol. The predicted molar refractivity (Wildman–Crippen MR) is 65.9 cm³/mol. The van der Waals surface area contributed by atoms with E-state index in [2.05, 4.69) is 24.4 Å². The highest BCUT2D eigenvalue weighted by Gasteiger charge is 2.04. The first-order valence-corrected chi connectivity index (χ1v) is 5.72. The molecular weight excluding hydrogens is 200 g/mol. The topological polar surface area (TPSA) is 55.1 Å². The van der Waals surface area contributed by atoms with Crippen molar-refractivity contribution in [3.05, 3.63) is 35.4 Å². The molecule has 0 aliphatic rings. The SMILES string of the molecule is CCc1ccc(CNC(=O)CC(C)N)cc1. The standard InChI is InChI=1S/C13H20N2O/c1-3-11-4-6-12(7-5-11)9-15-13(16)8-10(2)14/h4-7,10H,3,8-9,14H2,1-2H3,(H,15,16). The van der Waals surface area contributed by atoms with Gasteiger partial charge in [-0.2, -0.15) is 0 Å². The maximum Gasteiger partial charge on any atom is 0.221 e. The maximum absolute atomic E-state index is 11.4. The molecule has 0 saturated carbocycles. The Morgan fingerprint density at radius 1 is 1.31 bits per heavy atom. The van der Waals surface area contributed by atoms with Gasteiger partial charge < -0.3 is 11.1 Å². The minimum absolute atomic E-state index is 0.00886. The molecule has 1 amide bonds. The maximum atomic E-state index is 11.4. The molecule has 3 heteroatoms. The monoisotopic (exact) mass is 220 g/mol. The van der Waals surface area contributed by atoms with Gasteiger partial charge in [-0.05, 0) is 24.5 Å². The molecule has 1 aromatic rings. The number of nitrogens with one attached hydrogen (secondary N) is 1. The summed E-state index contributed by atoms with van der Waals surface area (Å²) < 4.78 is 0. The molecule has 1 atom stereocenters. The summed E-state index contributed by atoms with van der Waals surface area (Å²) in [7, 11) is 0. The van der Waals surface area contributed by atoms with Crippen LogP contribution in [0.5, 0.6) is 0 Å². The Labute approximate surface area is 97.0 Å². The first-order valence-electron chi connectivity index (χ1n) is 5.72. The van der Waals surface area contributed by atoms with Crippen molar-refractivity contribution in [1.29, 1.82) is 0 Å². The highest BCUT2D eigenvalue weighted by Crippen LogP contribution is 2.04. The summed E-state index contributed by atoms with van der Waals surface area (Å²) >= 11 is 0. The van der Waals surface area contributed by atoms with E-state index in [1.807, 2.05) is 19.1 Å². The van der Waals surface area contributed by atoms with Gasteiger partial charge in [0.25, 0.3) is 0 Å². The molecule has 1 unspecified atom stereocenters. The van der Waals surface area contributed by atoms with Gasteiger partial charge in [-0.15, -0.1) is 0 Å². The van der Waals surface area contributed by atoms with Crippen LogP contribution in [0.4, 0.5) is 0 Å². The number of nitrogens with two attached hydrogens (primary N) is 1. The zero-order valence-corrected chi connectivity index (χ0v) is 9.99. The van der Waals surface area contributed by atoms with E-state index in [1.54, 1.807) is 0 Å². The van der Waals surface area contributed by atoms with Crippen molar-refractivity contribution in [2.75, 3.05) is 0 Å². The van der Waals surface area contributed by atoms with Crippen molar-refractivity contribution < 1.29 is 4.79 Å². The third-order valence-electron chi connectivity index (χ3n) is 2.43. The molecule has 0 saturated heterocycles. The molecule has 3 nitrogen and oxygen atoms in total. The number of aryl methyl sites for hydroxylation is 1. The summed E-state index contributed by atoms with van der Waals surface area (Å²) in [4.78, 5) is 11.4. The Bertz CT molecular complexity index is 330. The molecule has 0 aliphatic carbocycles. The first kappa shape index (κ1) is 12.7. The second kappa shape index (κ2) is 6.28. The van der Waals surface area contributed by atoms with Gasteiger partial charge in [0.05, 0.1) is 0 Å². The molecule has 0 aliphatic heterocycles. The van der Waals surface area contributed by atoms with Gasteiger partial charge in [0.2, 0.25) is 5.91 Å². The molecule has 0 bridgehead atoms. The van der Waals surface area contributed by atoms with Crippen molar-refractivity contribution in [2.24, 2.45) is 5.73 Å². The molecule has 1 aromatic carbocycles. The van der Waals surface area contributed by atoms with Crippen LogP contribution in [0.1, 0.15) is 31.4 Å². The number of carbonyl (C=O) groups is 1. The quantitative estimate of drug-likeness (QED) is 0.792. The lowest BCUT2D eigenvalue weighted by Crippen LogP contribution is -2.29. The van der Waals surface area contributed by atoms with Crippen molar-refractivity contribution in [3.63, 3.8) is 0 Å². The summed E-state index contributed by atoms with van der Waals surface area (Å²) in [6.45, 7) is 4.53. The first-order chi connectivity index (χ1) is 7.61.